The van der Waals surface area contributed by atoms with E-state index < -0.39 is 0 Å². The molecule has 0 heterocycles. The lowest BCUT2D eigenvalue weighted by molar-refractivity contribution is 0.237. The first-order chi connectivity index (χ1) is 10.1. The summed E-state index contributed by atoms with van der Waals surface area (Å²) < 4.78 is 0. The molecule has 1 rings (SSSR count). The summed E-state index contributed by atoms with van der Waals surface area (Å²) in [6, 6.07) is 8.56. The second-order valence-electron chi connectivity index (χ2n) is 5.41. The first kappa shape index (κ1) is 17.5. The SMILES string of the molecule is CCC(C)NC(=O)NCc1ccc(CN(CC)CC)cc1. The van der Waals surface area contributed by atoms with Crippen molar-refractivity contribution in [3.05, 3.63) is 35.4 Å². The number of carbonyl (C=O) groups excluding carboxylic acids is 1. The van der Waals surface area contributed by atoms with Crippen molar-refractivity contribution in [2.75, 3.05) is 13.1 Å². The number of nitrogens with one attached hydrogen (secondary N) is 2. The molecule has 1 aromatic carbocycles. The Morgan fingerprint density at radius 1 is 1.10 bits per heavy atom. The zero-order valence-electron chi connectivity index (χ0n) is 13.8. The van der Waals surface area contributed by atoms with E-state index in [1.54, 1.807) is 0 Å². The molecule has 0 radical (unpaired) electrons. The molecule has 0 bridgehead atoms. The Morgan fingerprint density at radius 3 is 2.19 bits per heavy atom. The molecule has 0 saturated carbocycles. The first-order valence-electron chi connectivity index (χ1n) is 7.93. The summed E-state index contributed by atoms with van der Waals surface area (Å²) in [7, 11) is 0. The van der Waals surface area contributed by atoms with E-state index in [9.17, 15) is 4.79 Å². The molecule has 2 N–H and O–H groups in total. The highest BCUT2D eigenvalue weighted by molar-refractivity contribution is 5.74. The minimum atomic E-state index is -0.100. The van der Waals surface area contributed by atoms with Crippen molar-refractivity contribution >= 4 is 6.03 Å². The van der Waals surface area contributed by atoms with E-state index in [4.69, 9.17) is 0 Å². The average molecular weight is 291 g/mol. The minimum absolute atomic E-state index is 0.100. The Kier molecular flexibility index (Phi) is 7.83. The Hall–Kier alpha value is -1.55. The Morgan fingerprint density at radius 2 is 1.67 bits per heavy atom. The van der Waals surface area contributed by atoms with Gasteiger partial charge in [-0.1, -0.05) is 45.0 Å². The Bertz CT molecular complexity index is 413. The summed E-state index contributed by atoms with van der Waals surface area (Å²) in [6.45, 7) is 12.1. The van der Waals surface area contributed by atoms with Crippen molar-refractivity contribution in [3.8, 4) is 0 Å². The van der Waals surface area contributed by atoms with Crippen LogP contribution in [0.3, 0.4) is 0 Å². The van der Waals surface area contributed by atoms with E-state index in [2.05, 4.69) is 60.6 Å². The van der Waals surface area contributed by atoms with Crippen LogP contribution in [-0.2, 0) is 13.1 Å². The van der Waals surface area contributed by atoms with Gasteiger partial charge in [0.25, 0.3) is 0 Å². The lowest BCUT2D eigenvalue weighted by Gasteiger charge is -2.18. The summed E-state index contributed by atoms with van der Waals surface area (Å²) >= 11 is 0. The number of nitrogens with zero attached hydrogens (tertiary/aromatic N) is 1. The average Bonchev–Trinajstić information content (AvgIpc) is 2.51. The molecule has 0 saturated heterocycles. The van der Waals surface area contributed by atoms with Gasteiger partial charge >= 0.3 is 6.03 Å². The van der Waals surface area contributed by atoms with Crippen LogP contribution in [0.4, 0.5) is 4.79 Å². The highest BCUT2D eigenvalue weighted by Gasteiger charge is 2.05. The summed E-state index contributed by atoms with van der Waals surface area (Å²) in [5.74, 6) is 0. The third-order valence-corrected chi connectivity index (χ3v) is 3.77. The second-order valence-corrected chi connectivity index (χ2v) is 5.41. The molecule has 0 aliphatic heterocycles. The van der Waals surface area contributed by atoms with Crippen LogP contribution in [0.15, 0.2) is 24.3 Å². The van der Waals surface area contributed by atoms with Gasteiger partial charge in [-0.15, -0.1) is 0 Å². The summed E-state index contributed by atoms with van der Waals surface area (Å²) in [5.41, 5.74) is 2.43. The molecule has 1 aromatic rings. The molecular formula is C17H29N3O. The molecule has 0 aromatic heterocycles. The smallest absolute Gasteiger partial charge is 0.315 e. The van der Waals surface area contributed by atoms with Crippen LogP contribution in [0.2, 0.25) is 0 Å². The normalized spacial score (nSPS) is 12.2. The van der Waals surface area contributed by atoms with Gasteiger partial charge in [0, 0.05) is 19.1 Å². The number of hydrogen-bond acceptors (Lipinski definition) is 2. The predicted octanol–water partition coefficient (Wildman–Crippen LogP) is 3.13. The molecule has 1 atom stereocenters. The van der Waals surface area contributed by atoms with Crippen molar-refractivity contribution in [2.24, 2.45) is 0 Å². The van der Waals surface area contributed by atoms with Crippen LogP contribution in [0, 0.1) is 0 Å². The zero-order valence-corrected chi connectivity index (χ0v) is 13.8. The fourth-order valence-corrected chi connectivity index (χ4v) is 2.03. The van der Waals surface area contributed by atoms with Crippen LogP contribution < -0.4 is 10.6 Å². The Labute approximate surface area is 128 Å². The topological polar surface area (TPSA) is 44.4 Å². The Balaban J connectivity index is 2.42. The number of hydrogen-bond donors (Lipinski definition) is 2. The van der Waals surface area contributed by atoms with E-state index in [0.717, 1.165) is 31.6 Å². The van der Waals surface area contributed by atoms with Crippen molar-refractivity contribution in [3.63, 3.8) is 0 Å². The quantitative estimate of drug-likeness (QED) is 0.773. The fraction of sp³-hybridized carbons (Fsp3) is 0.588. The molecule has 2 amide bonds. The van der Waals surface area contributed by atoms with Crippen LogP contribution in [-0.4, -0.2) is 30.1 Å². The fourth-order valence-electron chi connectivity index (χ4n) is 2.03. The van der Waals surface area contributed by atoms with Gasteiger partial charge in [-0.05, 0) is 37.6 Å². The summed E-state index contributed by atoms with van der Waals surface area (Å²) in [5, 5.41) is 5.78. The van der Waals surface area contributed by atoms with Crippen molar-refractivity contribution < 1.29 is 4.79 Å². The first-order valence-corrected chi connectivity index (χ1v) is 7.93. The monoisotopic (exact) mass is 291 g/mol. The van der Waals surface area contributed by atoms with Gasteiger partial charge in [-0.2, -0.15) is 0 Å². The third-order valence-electron chi connectivity index (χ3n) is 3.77. The van der Waals surface area contributed by atoms with E-state index >= 15 is 0 Å². The number of amides is 2. The van der Waals surface area contributed by atoms with Gasteiger partial charge in [-0.3, -0.25) is 4.90 Å². The number of benzene rings is 1. The molecule has 1 unspecified atom stereocenters. The van der Waals surface area contributed by atoms with Crippen LogP contribution in [0.5, 0.6) is 0 Å². The molecule has 21 heavy (non-hydrogen) atoms. The number of urea groups is 1. The summed E-state index contributed by atoms with van der Waals surface area (Å²) in [4.78, 5) is 14.0. The minimum Gasteiger partial charge on any atom is -0.336 e. The molecule has 4 heteroatoms. The van der Waals surface area contributed by atoms with Gasteiger partial charge < -0.3 is 10.6 Å². The third kappa shape index (κ3) is 6.63. The van der Waals surface area contributed by atoms with E-state index in [-0.39, 0.29) is 12.1 Å². The molecule has 118 valence electrons. The molecular weight excluding hydrogens is 262 g/mol. The maximum atomic E-state index is 11.6. The number of rotatable bonds is 8. The second kappa shape index (κ2) is 9.40. The maximum Gasteiger partial charge on any atom is 0.315 e. The zero-order chi connectivity index (χ0) is 15.7. The van der Waals surface area contributed by atoms with E-state index in [0.29, 0.717) is 6.54 Å². The van der Waals surface area contributed by atoms with Gasteiger partial charge in [0.1, 0.15) is 0 Å². The molecule has 0 spiro atoms. The van der Waals surface area contributed by atoms with Gasteiger partial charge in [-0.25, -0.2) is 4.79 Å². The van der Waals surface area contributed by atoms with Crippen molar-refractivity contribution in [2.45, 2.75) is 53.2 Å². The van der Waals surface area contributed by atoms with E-state index in [1.165, 1.54) is 5.56 Å². The number of carbonyl (C=O) groups is 1. The molecule has 0 aliphatic rings. The van der Waals surface area contributed by atoms with Crippen LogP contribution in [0.25, 0.3) is 0 Å². The highest BCUT2D eigenvalue weighted by atomic mass is 16.2. The predicted molar refractivity (Wildman–Crippen MR) is 88.2 cm³/mol. The highest BCUT2D eigenvalue weighted by Crippen LogP contribution is 2.07. The van der Waals surface area contributed by atoms with Gasteiger partial charge in [0.05, 0.1) is 0 Å². The standard InChI is InChI=1S/C17H29N3O/c1-5-14(4)19-17(21)18-12-15-8-10-16(11-9-15)13-20(6-2)7-3/h8-11,14H,5-7,12-13H2,1-4H3,(H2,18,19,21). The van der Waals surface area contributed by atoms with Crippen molar-refractivity contribution in [1.82, 2.24) is 15.5 Å². The van der Waals surface area contributed by atoms with Gasteiger partial charge in [0.2, 0.25) is 0 Å². The summed E-state index contributed by atoms with van der Waals surface area (Å²) in [6.07, 6.45) is 0.938. The van der Waals surface area contributed by atoms with Crippen LogP contribution >= 0.6 is 0 Å². The molecule has 0 aliphatic carbocycles. The lowest BCUT2D eigenvalue weighted by atomic mass is 10.1. The molecule has 0 fully saturated rings. The largest absolute Gasteiger partial charge is 0.336 e. The van der Waals surface area contributed by atoms with Crippen LogP contribution in [0.1, 0.15) is 45.2 Å². The van der Waals surface area contributed by atoms with Gasteiger partial charge in [0.15, 0.2) is 0 Å². The van der Waals surface area contributed by atoms with E-state index in [1.807, 2.05) is 6.92 Å². The maximum absolute atomic E-state index is 11.6. The lowest BCUT2D eigenvalue weighted by Crippen LogP contribution is -2.40. The molecule has 4 nitrogen and oxygen atoms in total. The van der Waals surface area contributed by atoms with Crippen molar-refractivity contribution in [1.29, 1.82) is 0 Å².